The van der Waals surface area contributed by atoms with Crippen LogP contribution in [-0.4, -0.2) is 5.78 Å². The Kier molecular flexibility index (Phi) is 17.5. The maximum Gasteiger partial charge on any atom is 0.132 e. The van der Waals surface area contributed by atoms with E-state index >= 15 is 0 Å². The Labute approximate surface area is 135 Å². The number of carbonyl (C=O) groups excluding carboxylic acids is 1. The first kappa shape index (κ1) is 22.9. The van der Waals surface area contributed by atoms with Gasteiger partial charge in [-0.15, -0.1) is 0 Å². The van der Waals surface area contributed by atoms with E-state index in [4.69, 9.17) is 0 Å². The molecule has 0 heterocycles. The number of rotatable bonds is 12. The van der Waals surface area contributed by atoms with Gasteiger partial charge in [-0.25, -0.2) is 0 Å². The molecule has 0 fully saturated rings. The number of carbonyl (C=O) groups is 1. The highest BCUT2D eigenvalue weighted by Crippen LogP contribution is 2.31. The van der Waals surface area contributed by atoms with Crippen molar-refractivity contribution in [1.29, 1.82) is 0 Å². The Balaban J connectivity index is 0. The summed E-state index contributed by atoms with van der Waals surface area (Å²) in [6.45, 7) is 15.1. The Morgan fingerprint density at radius 2 is 1.57 bits per heavy atom. The molecule has 0 rings (SSSR count). The summed E-state index contributed by atoms with van der Waals surface area (Å²) in [5, 5.41) is 0. The number of ketones is 1. The van der Waals surface area contributed by atoms with Gasteiger partial charge in [0.1, 0.15) is 5.78 Å². The fraction of sp³-hybridized carbons (Fsp3) is 0.950. The number of hydrogen-bond donors (Lipinski definition) is 0. The zero-order chi connectivity index (χ0) is 16.7. The Hall–Kier alpha value is -0.330. The lowest BCUT2D eigenvalue weighted by molar-refractivity contribution is -0.120. The molecule has 0 spiro atoms. The first-order valence-corrected chi connectivity index (χ1v) is 9.60. The van der Waals surface area contributed by atoms with E-state index in [0.29, 0.717) is 24.0 Å². The number of unbranched alkanes of at least 4 members (excludes halogenated alkanes) is 1. The van der Waals surface area contributed by atoms with Gasteiger partial charge in [0.2, 0.25) is 0 Å². The van der Waals surface area contributed by atoms with Gasteiger partial charge in [0.15, 0.2) is 0 Å². The summed E-state index contributed by atoms with van der Waals surface area (Å²) in [6, 6.07) is 0. The van der Waals surface area contributed by atoms with Crippen LogP contribution in [0.5, 0.6) is 0 Å². The van der Waals surface area contributed by atoms with E-state index in [1.165, 1.54) is 44.9 Å². The molecular formula is C20H42O. The first-order chi connectivity index (χ1) is 10.1. The lowest BCUT2D eigenvalue weighted by atomic mass is 9.78. The lowest BCUT2D eigenvalue weighted by Gasteiger charge is -2.27. The largest absolute Gasteiger partial charge is 0.300 e. The zero-order valence-electron chi connectivity index (χ0n) is 16.0. The van der Waals surface area contributed by atoms with Crippen LogP contribution in [0.15, 0.2) is 0 Å². The van der Waals surface area contributed by atoms with Crippen LogP contribution >= 0.6 is 0 Å². The molecule has 0 bridgehead atoms. The highest BCUT2D eigenvalue weighted by Gasteiger charge is 2.22. The topological polar surface area (TPSA) is 17.1 Å². The van der Waals surface area contributed by atoms with Crippen molar-refractivity contribution in [1.82, 2.24) is 0 Å². The minimum atomic E-state index is 0.455. The molecule has 128 valence electrons. The van der Waals surface area contributed by atoms with Crippen LogP contribution in [0, 0.1) is 17.8 Å². The highest BCUT2D eigenvalue weighted by atomic mass is 16.1. The van der Waals surface area contributed by atoms with Gasteiger partial charge >= 0.3 is 0 Å². The van der Waals surface area contributed by atoms with Crippen LogP contribution in [0.4, 0.5) is 0 Å². The molecule has 0 amide bonds. The number of hydrogen-bond acceptors (Lipinski definition) is 1. The van der Waals surface area contributed by atoms with Gasteiger partial charge in [-0.3, -0.25) is 4.79 Å². The molecule has 0 N–H and O–H groups in total. The predicted molar refractivity (Wildman–Crippen MR) is 96.7 cm³/mol. The van der Waals surface area contributed by atoms with E-state index in [1.807, 2.05) is 20.8 Å². The molecule has 1 heteroatoms. The van der Waals surface area contributed by atoms with Gasteiger partial charge in [-0.1, -0.05) is 87.0 Å². The Morgan fingerprint density at radius 1 is 0.952 bits per heavy atom. The third-order valence-corrected chi connectivity index (χ3v) is 4.63. The van der Waals surface area contributed by atoms with Crippen molar-refractivity contribution < 1.29 is 4.79 Å². The summed E-state index contributed by atoms with van der Waals surface area (Å²) in [4.78, 5) is 11.8. The zero-order valence-corrected chi connectivity index (χ0v) is 16.0. The van der Waals surface area contributed by atoms with Crippen LogP contribution in [-0.2, 0) is 4.79 Å². The third-order valence-electron chi connectivity index (χ3n) is 4.63. The third kappa shape index (κ3) is 12.0. The standard InChI is InChI=1S/C18H36O.C2H6/c1-6-10-12-16(11-7-2)13-17(15(5)8-3)14-18(19)9-4;1-2/h15-17H,6-14H2,1-5H3;1-2H3. The molecule has 0 radical (unpaired) electrons. The summed E-state index contributed by atoms with van der Waals surface area (Å²) in [5.41, 5.74) is 0. The molecule has 21 heavy (non-hydrogen) atoms. The van der Waals surface area contributed by atoms with Gasteiger partial charge < -0.3 is 0 Å². The molecule has 3 atom stereocenters. The highest BCUT2D eigenvalue weighted by molar-refractivity contribution is 5.78. The van der Waals surface area contributed by atoms with E-state index in [1.54, 1.807) is 0 Å². The van der Waals surface area contributed by atoms with Gasteiger partial charge in [-0.2, -0.15) is 0 Å². The van der Waals surface area contributed by atoms with E-state index in [2.05, 4.69) is 27.7 Å². The second-order valence-corrected chi connectivity index (χ2v) is 6.27. The van der Waals surface area contributed by atoms with E-state index in [0.717, 1.165) is 12.3 Å². The second-order valence-electron chi connectivity index (χ2n) is 6.27. The monoisotopic (exact) mass is 298 g/mol. The average Bonchev–Trinajstić information content (AvgIpc) is 2.52. The minimum absolute atomic E-state index is 0.455. The van der Waals surface area contributed by atoms with Gasteiger partial charge in [0.05, 0.1) is 0 Å². The fourth-order valence-corrected chi connectivity index (χ4v) is 3.00. The normalized spacial score (nSPS) is 14.8. The van der Waals surface area contributed by atoms with Gasteiger partial charge in [0.25, 0.3) is 0 Å². The summed E-state index contributed by atoms with van der Waals surface area (Å²) >= 11 is 0. The molecular weight excluding hydrogens is 256 g/mol. The molecule has 0 aromatic carbocycles. The maximum atomic E-state index is 11.8. The van der Waals surface area contributed by atoms with Crippen molar-refractivity contribution >= 4 is 5.78 Å². The van der Waals surface area contributed by atoms with E-state index in [9.17, 15) is 4.79 Å². The Morgan fingerprint density at radius 3 is 2.00 bits per heavy atom. The van der Waals surface area contributed by atoms with Crippen molar-refractivity contribution in [3.05, 3.63) is 0 Å². The van der Waals surface area contributed by atoms with Gasteiger partial charge in [-0.05, 0) is 24.2 Å². The molecule has 0 aliphatic heterocycles. The van der Waals surface area contributed by atoms with Crippen LogP contribution in [0.3, 0.4) is 0 Å². The van der Waals surface area contributed by atoms with Crippen LogP contribution in [0.1, 0.15) is 106 Å². The first-order valence-electron chi connectivity index (χ1n) is 9.60. The SMILES string of the molecule is CC.CCCCC(CCC)CC(CC(=O)CC)C(C)CC. The predicted octanol–water partition coefficient (Wildman–Crippen LogP) is 7.04. The van der Waals surface area contributed by atoms with E-state index in [-0.39, 0.29) is 0 Å². The quantitative estimate of drug-likeness (QED) is 0.377. The molecule has 1 nitrogen and oxygen atoms in total. The van der Waals surface area contributed by atoms with Crippen LogP contribution in [0.2, 0.25) is 0 Å². The molecule has 0 aromatic heterocycles. The summed E-state index contributed by atoms with van der Waals surface area (Å²) in [5.74, 6) is 2.60. The average molecular weight is 299 g/mol. The molecule has 0 aliphatic carbocycles. The maximum absolute atomic E-state index is 11.8. The van der Waals surface area contributed by atoms with Crippen molar-refractivity contribution in [3.8, 4) is 0 Å². The summed E-state index contributed by atoms with van der Waals surface area (Å²) < 4.78 is 0. The second kappa shape index (κ2) is 16.0. The number of Topliss-reactive ketones (excluding diaryl/α,β-unsaturated/α-hetero) is 1. The summed E-state index contributed by atoms with van der Waals surface area (Å²) in [7, 11) is 0. The van der Waals surface area contributed by atoms with Crippen molar-refractivity contribution in [2.24, 2.45) is 17.8 Å². The van der Waals surface area contributed by atoms with Crippen molar-refractivity contribution in [2.45, 2.75) is 106 Å². The summed E-state index contributed by atoms with van der Waals surface area (Å²) in [6.07, 6.45) is 10.6. The van der Waals surface area contributed by atoms with Crippen molar-refractivity contribution in [2.75, 3.05) is 0 Å². The van der Waals surface area contributed by atoms with Crippen molar-refractivity contribution in [3.63, 3.8) is 0 Å². The van der Waals surface area contributed by atoms with Crippen LogP contribution < -0.4 is 0 Å². The Bertz CT molecular complexity index is 222. The molecule has 0 saturated heterocycles. The van der Waals surface area contributed by atoms with Crippen LogP contribution in [0.25, 0.3) is 0 Å². The van der Waals surface area contributed by atoms with Gasteiger partial charge in [0, 0.05) is 12.8 Å². The molecule has 0 aromatic rings. The smallest absolute Gasteiger partial charge is 0.132 e. The van der Waals surface area contributed by atoms with E-state index < -0.39 is 0 Å². The molecule has 0 saturated carbocycles. The molecule has 0 aliphatic rings. The fourth-order valence-electron chi connectivity index (χ4n) is 3.00. The lowest BCUT2D eigenvalue weighted by Crippen LogP contribution is -2.19. The minimum Gasteiger partial charge on any atom is -0.300 e. The molecule has 3 unspecified atom stereocenters.